The first kappa shape index (κ1) is 15.2. The number of para-hydroxylation sites is 1. The Hall–Kier alpha value is -2.69. The number of amides is 2. The maximum Gasteiger partial charge on any atom is 0.319 e. The minimum absolute atomic E-state index is 0.101. The molecule has 0 aliphatic carbocycles. The number of anilines is 1. The van der Waals surface area contributed by atoms with Crippen molar-refractivity contribution in [3.8, 4) is 11.5 Å². The second-order valence-electron chi connectivity index (χ2n) is 5.54. The number of carbonyl (C=O) groups is 1. The van der Waals surface area contributed by atoms with Gasteiger partial charge in [-0.25, -0.2) is 4.79 Å². The van der Waals surface area contributed by atoms with Gasteiger partial charge >= 0.3 is 6.03 Å². The summed E-state index contributed by atoms with van der Waals surface area (Å²) in [5.74, 6) is 1.42. The molecule has 2 aromatic carbocycles. The van der Waals surface area contributed by atoms with E-state index < -0.39 is 0 Å². The summed E-state index contributed by atoms with van der Waals surface area (Å²) in [5, 5.41) is 5.86. The molecule has 120 valence electrons. The molecule has 0 aromatic heterocycles. The van der Waals surface area contributed by atoms with Gasteiger partial charge in [0.1, 0.15) is 0 Å². The van der Waals surface area contributed by atoms with Crippen molar-refractivity contribution in [2.45, 2.75) is 19.4 Å². The average Bonchev–Trinajstić information content (AvgIpc) is 2.55. The van der Waals surface area contributed by atoms with E-state index in [1.54, 1.807) is 7.11 Å². The van der Waals surface area contributed by atoms with E-state index in [0.717, 1.165) is 29.0 Å². The highest BCUT2D eigenvalue weighted by atomic mass is 16.5. The van der Waals surface area contributed by atoms with E-state index in [1.807, 2.05) is 49.4 Å². The van der Waals surface area contributed by atoms with E-state index >= 15 is 0 Å². The second-order valence-corrected chi connectivity index (χ2v) is 5.54. The first-order chi connectivity index (χ1) is 11.2. The monoisotopic (exact) mass is 312 g/mol. The van der Waals surface area contributed by atoms with E-state index in [1.165, 1.54) is 0 Å². The molecule has 0 fully saturated rings. The molecule has 0 bridgehead atoms. The van der Waals surface area contributed by atoms with Crippen LogP contribution >= 0.6 is 0 Å². The maximum absolute atomic E-state index is 12.2. The fourth-order valence-electron chi connectivity index (χ4n) is 2.76. The summed E-state index contributed by atoms with van der Waals surface area (Å²) in [6.45, 7) is 2.54. The molecule has 0 unspecified atom stereocenters. The van der Waals surface area contributed by atoms with Gasteiger partial charge in [-0.3, -0.25) is 0 Å². The average molecular weight is 312 g/mol. The van der Waals surface area contributed by atoms with Crippen LogP contribution in [-0.4, -0.2) is 19.7 Å². The van der Waals surface area contributed by atoms with Gasteiger partial charge in [-0.1, -0.05) is 24.3 Å². The summed E-state index contributed by atoms with van der Waals surface area (Å²) in [4.78, 5) is 12.2. The zero-order chi connectivity index (χ0) is 16.2. The molecule has 0 spiro atoms. The van der Waals surface area contributed by atoms with Crippen LogP contribution < -0.4 is 20.1 Å². The number of rotatable bonds is 3. The molecule has 2 amide bonds. The van der Waals surface area contributed by atoms with Crippen molar-refractivity contribution in [2.24, 2.45) is 0 Å². The van der Waals surface area contributed by atoms with E-state index in [-0.39, 0.29) is 12.1 Å². The van der Waals surface area contributed by atoms with Gasteiger partial charge in [0.15, 0.2) is 11.5 Å². The van der Waals surface area contributed by atoms with Crippen LogP contribution in [0.3, 0.4) is 0 Å². The first-order valence-corrected chi connectivity index (χ1v) is 7.61. The molecule has 0 saturated carbocycles. The van der Waals surface area contributed by atoms with Crippen molar-refractivity contribution in [3.05, 3.63) is 53.6 Å². The van der Waals surface area contributed by atoms with Gasteiger partial charge < -0.3 is 20.1 Å². The van der Waals surface area contributed by atoms with Crippen molar-refractivity contribution in [2.75, 3.05) is 19.0 Å². The lowest BCUT2D eigenvalue weighted by Crippen LogP contribution is -2.35. The predicted octanol–water partition coefficient (Wildman–Crippen LogP) is 3.65. The summed E-state index contributed by atoms with van der Waals surface area (Å²) >= 11 is 0. The van der Waals surface area contributed by atoms with Crippen LogP contribution in [0, 0.1) is 6.92 Å². The van der Waals surface area contributed by atoms with Gasteiger partial charge in [0.2, 0.25) is 0 Å². The van der Waals surface area contributed by atoms with Gasteiger partial charge in [0.25, 0.3) is 0 Å². The highest BCUT2D eigenvalue weighted by Gasteiger charge is 2.26. The molecular formula is C18H20N2O3. The van der Waals surface area contributed by atoms with Gasteiger partial charge in [-0.15, -0.1) is 0 Å². The largest absolute Gasteiger partial charge is 0.493 e. The minimum atomic E-state index is -0.227. The van der Waals surface area contributed by atoms with Gasteiger partial charge in [0.05, 0.1) is 19.8 Å². The van der Waals surface area contributed by atoms with E-state index in [2.05, 4.69) is 10.6 Å². The predicted molar refractivity (Wildman–Crippen MR) is 89.2 cm³/mol. The number of ether oxygens (including phenoxy) is 2. The molecule has 3 rings (SSSR count). The minimum Gasteiger partial charge on any atom is -0.493 e. The highest BCUT2D eigenvalue weighted by molar-refractivity contribution is 5.89. The Labute approximate surface area is 135 Å². The molecule has 2 N–H and O–H groups in total. The van der Waals surface area contributed by atoms with Crippen LogP contribution in [0.25, 0.3) is 0 Å². The number of hydrogen-bond donors (Lipinski definition) is 2. The highest BCUT2D eigenvalue weighted by Crippen LogP contribution is 2.40. The lowest BCUT2D eigenvalue weighted by atomic mass is 9.98. The molecule has 1 aliphatic heterocycles. The Balaban J connectivity index is 1.78. The lowest BCUT2D eigenvalue weighted by Gasteiger charge is -2.28. The van der Waals surface area contributed by atoms with Crippen LogP contribution in [0.15, 0.2) is 42.5 Å². The normalized spacial score (nSPS) is 16.0. The number of aryl methyl sites for hydroxylation is 1. The third-order valence-electron chi connectivity index (χ3n) is 3.81. The Morgan fingerprint density at radius 2 is 2.04 bits per heavy atom. The molecule has 5 nitrogen and oxygen atoms in total. The number of urea groups is 1. The van der Waals surface area contributed by atoms with Crippen molar-refractivity contribution >= 4 is 11.7 Å². The number of benzene rings is 2. The van der Waals surface area contributed by atoms with Crippen molar-refractivity contribution in [1.29, 1.82) is 0 Å². The van der Waals surface area contributed by atoms with Gasteiger partial charge in [0, 0.05) is 17.7 Å². The molecule has 0 radical (unpaired) electrons. The summed E-state index contributed by atoms with van der Waals surface area (Å²) in [5.41, 5.74) is 2.79. The van der Waals surface area contributed by atoms with Crippen molar-refractivity contribution < 1.29 is 14.3 Å². The second kappa shape index (κ2) is 6.60. The molecule has 2 aromatic rings. The zero-order valence-electron chi connectivity index (χ0n) is 13.3. The summed E-state index contributed by atoms with van der Waals surface area (Å²) in [7, 11) is 1.62. The molecule has 1 atom stereocenters. The molecule has 5 heteroatoms. The maximum atomic E-state index is 12.2. The molecular weight excluding hydrogens is 292 g/mol. The fraction of sp³-hybridized carbons (Fsp3) is 0.278. The summed E-state index contributed by atoms with van der Waals surface area (Å²) < 4.78 is 11.1. The number of methoxy groups -OCH3 is 1. The van der Waals surface area contributed by atoms with Crippen molar-refractivity contribution in [1.82, 2.24) is 5.32 Å². The van der Waals surface area contributed by atoms with Crippen LogP contribution in [-0.2, 0) is 0 Å². The fourth-order valence-corrected chi connectivity index (χ4v) is 2.76. The van der Waals surface area contributed by atoms with Crippen molar-refractivity contribution in [3.63, 3.8) is 0 Å². The standard InChI is InChI=1S/C18H20N2O3/c1-12-10-14-15(8-9-23-17(14)16(11-12)22-2)20-18(21)19-13-6-4-3-5-7-13/h3-7,10-11,15H,8-9H2,1-2H3,(H2,19,20,21)/t15-/m0/s1. The molecule has 1 heterocycles. The Bertz CT molecular complexity index is 701. The Morgan fingerprint density at radius 1 is 1.26 bits per heavy atom. The Morgan fingerprint density at radius 3 is 2.78 bits per heavy atom. The van der Waals surface area contributed by atoms with Crippen LogP contribution in [0.4, 0.5) is 10.5 Å². The quantitative estimate of drug-likeness (QED) is 0.909. The smallest absolute Gasteiger partial charge is 0.319 e. The topological polar surface area (TPSA) is 59.6 Å². The third kappa shape index (κ3) is 3.39. The number of carbonyl (C=O) groups excluding carboxylic acids is 1. The van der Waals surface area contributed by atoms with Gasteiger partial charge in [-0.2, -0.15) is 0 Å². The molecule has 1 aliphatic rings. The van der Waals surface area contributed by atoms with Crippen LogP contribution in [0.5, 0.6) is 11.5 Å². The number of fused-ring (bicyclic) bond motifs is 1. The Kier molecular flexibility index (Phi) is 4.37. The number of hydrogen-bond acceptors (Lipinski definition) is 3. The van der Waals surface area contributed by atoms with Crippen LogP contribution in [0.2, 0.25) is 0 Å². The summed E-state index contributed by atoms with van der Waals surface area (Å²) in [6, 6.07) is 13.0. The van der Waals surface area contributed by atoms with E-state index in [4.69, 9.17) is 9.47 Å². The zero-order valence-corrected chi connectivity index (χ0v) is 13.3. The molecule has 23 heavy (non-hydrogen) atoms. The van der Waals surface area contributed by atoms with Gasteiger partial charge in [-0.05, 0) is 30.7 Å². The molecule has 0 saturated heterocycles. The number of nitrogens with one attached hydrogen (secondary N) is 2. The van der Waals surface area contributed by atoms with E-state index in [0.29, 0.717) is 12.4 Å². The first-order valence-electron chi connectivity index (χ1n) is 7.61. The van der Waals surface area contributed by atoms with E-state index in [9.17, 15) is 4.79 Å². The van der Waals surface area contributed by atoms with Crippen LogP contribution in [0.1, 0.15) is 23.6 Å². The third-order valence-corrected chi connectivity index (χ3v) is 3.81. The lowest BCUT2D eigenvalue weighted by molar-refractivity contribution is 0.226. The SMILES string of the molecule is COc1cc(C)cc2c1OCC[C@@H]2NC(=O)Nc1ccccc1. The summed E-state index contributed by atoms with van der Waals surface area (Å²) in [6.07, 6.45) is 0.724.